The van der Waals surface area contributed by atoms with Crippen LogP contribution in [0.15, 0.2) is 34.0 Å². The summed E-state index contributed by atoms with van der Waals surface area (Å²) in [6.45, 7) is 18.6. The van der Waals surface area contributed by atoms with Crippen molar-refractivity contribution in [2.75, 3.05) is 0 Å². The third-order valence-electron chi connectivity index (χ3n) is 7.85. The molecule has 0 radical (unpaired) electrons. The molecule has 1 aliphatic heterocycles. The Morgan fingerprint density at radius 1 is 1.23 bits per heavy atom. The Kier molecular flexibility index (Phi) is 9.92. The van der Waals surface area contributed by atoms with Gasteiger partial charge in [0.15, 0.2) is 8.32 Å². The lowest BCUT2D eigenvalue weighted by atomic mass is 9.84. The van der Waals surface area contributed by atoms with Crippen molar-refractivity contribution in [3.05, 3.63) is 70.0 Å². The van der Waals surface area contributed by atoms with E-state index >= 15 is 0 Å². The molecule has 222 valence electrons. The summed E-state index contributed by atoms with van der Waals surface area (Å²) in [6, 6.07) is 5.00. The molecule has 1 saturated heterocycles. The monoisotopic (exact) mass is 687 g/mol. The summed E-state index contributed by atoms with van der Waals surface area (Å²) in [7, 11) is -2.08. The van der Waals surface area contributed by atoms with Gasteiger partial charge >= 0.3 is 5.69 Å². The average molecular weight is 688 g/mol. The Morgan fingerprint density at radius 2 is 1.88 bits per heavy atom. The molecule has 4 atom stereocenters. The van der Waals surface area contributed by atoms with Gasteiger partial charge in [-0.15, -0.1) is 0 Å². The van der Waals surface area contributed by atoms with Gasteiger partial charge in [0.1, 0.15) is 6.23 Å². The first-order valence-corrected chi connectivity index (χ1v) is 17.6. The lowest BCUT2D eigenvalue weighted by molar-refractivity contribution is -0.386. The summed E-state index contributed by atoms with van der Waals surface area (Å²) >= 11 is 2.03. The molecular weight excluding hydrogens is 645 g/mol. The highest BCUT2D eigenvalue weighted by atomic mass is 127. The molecule has 2 aromatic rings. The molecule has 0 bridgehead atoms. The van der Waals surface area contributed by atoms with E-state index in [1.54, 1.807) is 12.1 Å². The molecule has 1 aliphatic rings. The fourth-order valence-corrected chi connectivity index (χ4v) is 6.47. The largest absolute Gasteiger partial charge is 0.411 e. The van der Waals surface area contributed by atoms with Crippen molar-refractivity contribution >= 4 is 36.6 Å². The first-order valence-electron chi connectivity index (χ1n) is 13.6. The number of nitrogens with one attached hydrogen (secondary N) is 1. The van der Waals surface area contributed by atoms with E-state index < -0.39 is 42.2 Å². The second kappa shape index (κ2) is 12.2. The summed E-state index contributed by atoms with van der Waals surface area (Å²) in [5.41, 5.74) is -1.03. The van der Waals surface area contributed by atoms with Crippen LogP contribution in [0.4, 0.5) is 5.69 Å². The minimum Gasteiger partial charge on any atom is -0.411 e. The Morgan fingerprint density at radius 3 is 2.42 bits per heavy atom. The van der Waals surface area contributed by atoms with Crippen LogP contribution in [0.5, 0.6) is 0 Å². The zero-order valence-electron chi connectivity index (χ0n) is 24.9. The van der Waals surface area contributed by atoms with Gasteiger partial charge in [-0.1, -0.05) is 48.5 Å². The minimum absolute atomic E-state index is 0.0262. The summed E-state index contributed by atoms with van der Waals surface area (Å²) in [5.74, 6) is 0. The maximum Gasteiger partial charge on any atom is 0.330 e. The smallest absolute Gasteiger partial charge is 0.330 e. The normalized spacial score (nSPS) is 21.0. The Hall–Kier alpha value is -1.87. The molecule has 1 aromatic carbocycles. The second-order valence-corrected chi connectivity index (χ2v) is 19.0. The molecule has 10 nitrogen and oxygen atoms in total. The quantitative estimate of drug-likeness (QED) is 0.139. The number of nitro benzene ring substituents is 1. The zero-order valence-corrected chi connectivity index (χ0v) is 28.0. The highest BCUT2D eigenvalue weighted by molar-refractivity contribution is 14.1. The van der Waals surface area contributed by atoms with Crippen molar-refractivity contribution in [1.29, 1.82) is 0 Å². The zero-order chi connectivity index (χ0) is 30.2. The number of rotatable bonds is 9. The second-order valence-electron chi connectivity index (χ2n) is 13.0. The van der Waals surface area contributed by atoms with Gasteiger partial charge in [0.2, 0.25) is 0 Å². The molecule has 1 aromatic heterocycles. The van der Waals surface area contributed by atoms with Crippen LogP contribution in [0.2, 0.25) is 18.1 Å². The summed E-state index contributed by atoms with van der Waals surface area (Å²) in [4.78, 5) is 39.5. The molecule has 0 aliphatic carbocycles. The number of hydrogen-bond donors (Lipinski definition) is 1. The molecule has 0 amide bonds. The number of hydrogen-bond acceptors (Lipinski definition) is 7. The Labute approximate surface area is 250 Å². The van der Waals surface area contributed by atoms with Gasteiger partial charge < -0.3 is 13.9 Å². The predicted octanol–water partition coefficient (Wildman–Crippen LogP) is 6.44. The first kappa shape index (κ1) is 32.6. The molecule has 0 saturated carbocycles. The SMILES string of the molecule is CC[C@H]1O[C@@H](n2cc(CO[C@@H](c3ccc(I)cc3[N+](=O)[O-])C(C)(C)C)c(=O)[nH]c2=O)C[C@H]1O[Si](C)(C)C(C)(C)C. The molecule has 1 fully saturated rings. The van der Waals surface area contributed by atoms with Crippen LogP contribution in [-0.4, -0.2) is 35.0 Å². The number of halogens is 1. The third kappa shape index (κ3) is 7.30. The van der Waals surface area contributed by atoms with Gasteiger partial charge in [0.25, 0.3) is 11.2 Å². The highest BCUT2D eigenvalue weighted by Crippen LogP contribution is 2.42. The van der Waals surface area contributed by atoms with Gasteiger partial charge in [0.05, 0.1) is 41.0 Å². The number of nitrogens with zero attached hydrogens (tertiary/aromatic N) is 2. The Balaban J connectivity index is 1.90. The van der Waals surface area contributed by atoms with Crippen LogP contribution in [0.1, 0.15) is 84.8 Å². The number of aromatic amines is 1. The molecule has 40 heavy (non-hydrogen) atoms. The number of aromatic nitrogens is 2. The first-order chi connectivity index (χ1) is 18.4. The predicted molar refractivity (Wildman–Crippen MR) is 165 cm³/mol. The fraction of sp³-hybridized carbons (Fsp3) is 0.643. The van der Waals surface area contributed by atoms with E-state index in [0.717, 1.165) is 9.99 Å². The van der Waals surface area contributed by atoms with Gasteiger partial charge in [-0.05, 0) is 64.7 Å². The summed E-state index contributed by atoms with van der Waals surface area (Å²) < 4.78 is 21.3. The van der Waals surface area contributed by atoms with Crippen molar-refractivity contribution in [1.82, 2.24) is 9.55 Å². The molecule has 2 heterocycles. The van der Waals surface area contributed by atoms with Crippen molar-refractivity contribution in [2.45, 2.75) is 111 Å². The van der Waals surface area contributed by atoms with Crippen LogP contribution in [0.25, 0.3) is 0 Å². The van der Waals surface area contributed by atoms with E-state index in [0.29, 0.717) is 12.0 Å². The summed E-state index contributed by atoms with van der Waals surface area (Å²) in [5, 5.41) is 11.8. The maximum atomic E-state index is 12.9. The average Bonchev–Trinajstić information content (AvgIpc) is 3.21. The van der Waals surface area contributed by atoms with E-state index in [1.165, 1.54) is 16.8 Å². The van der Waals surface area contributed by atoms with E-state index in [9.17, 15) is 19.7 Å². The lowest BCUT2D eigenvalue weighted by Crippen LogP contribution is -2.45. The standard InChI is InChI=1S/C28H42IN3O7Si/c1-10-21-22(39-40(8,9)28(5,6)7)14-23(38-21)31-15-17(25(33)30-26(31)34)16-37-24(27(2,3)4)19-12-11-18(29)13-20(19)32(35)36/h11-13,15,21-24H,10,14,16H2,1-9H3,(H,30,33,34)/t21-,22-,23-,24+/m1/s1. The van der Waals surface area contributed by atoms with Crippen molar-refractivity contribution in [3.63, 3.8) is 0 Å². The molecule has 0 spiro atoms. The van der Waals surface area contributed by atoms with Crippen LogP contribution in [0.3, 0.4) is 0 Å². The van der Waals surface area contributed by atoms with E-state index in [1.807, 2.05) is 50.3 Å². The fourth-order valence-electron chi connectivity index (χ4n) is 4.63. The maximum absolute atomic E-state index is 12.9. The highest BCUT2D eigenvalue weighted by Gasteiger charge is 2.44. The number of H-pyrrole nitrogens is 1. The lowest BCUT2D eigenvalue weighted by Gasteiger charge is -2.39. The number of nitro groups is 1. The van der Waals surface area contributed by atoms with Crippen LogP contribution in [0, 0.1) is 19.1 Å². The van der Waals surface area contributed by atoms with Gasteiger partial charge in [0, 0.05) is 22.3 Å². The number of ether oxygens (including phenoxy) is 2. The number of benzene rings is 1. The van der Waals surface area contributed by atoms with E-state index in [-0.39, 0.29) is 35.1 Å². The van der Waals surface area contributed by atoms with Crippen molar-refractivity contribution in [2.24, 2.45) is 5.41 Å². The topological polar surface area (TPSA) is 126 Å². The molecule has 3 rings (SSSR count). The summed E-state index contributed by atoms with van der Waals surface area (Å²) in [6.07, 6.45) is 1.07. The molecular formula is C28H42IN3O7Si. The van der Waals surface area contributed by atoms with Gasteiger partial charge in [-0.3, -0.25) is 24.5 Å². The van der Waals surface area contributed by atoms with Crippen molar-refractivity contribution in [3.8, 4) is 0 Å². The van der Waals surface area contributed by atoms with Crippen LogP contribution >= 0.6 is 22.6 Å². The van der Waals surface area contributed by atoms with E-state index in [4.69, 9.17) is 13.9 Å². The molecule has 1 N–H and O–H groups in total. The van der Waals surface area contributed by atoms with E-state index in [2.05, 4.69) is 38.8 Å². The van der Waals surface area contributed by atoms with Gasteiger partial charge in [-0.25, -0.2) is 4.79 Å². The Bertz CT molecular complexity index is 1340. The third-order valence-corrected chi connectivity index (χ3v) is 13.0. The van der Waals surface area contributed by atoms with Crippen LogP contribution in [-0.2, 0) is 20.5 Å². The molecule has 12 heteroatoms. The van der Waals surface area contributed by atoms with Crippen molar-refractivity contribution < 1.29 is 18.8 Å². The minimum atomic E-state index is -2.08. The van der Waals surface area contributed by atoms with Crippen LogP contribution < -0.4 is 11.2 Å². The molecule has 0 unspecified atom stereocenters. The van der Waals surface area contributed by atoms with Gasteiger partial charge in [-0.2, -0.15) is 0 Å².